The fourth-order valence-electron chi connectivity index (χ4n) is 2.50. The maximum atomic E-state index is 11.9. The number of sulfonamides is 1. The summed E-state index contributed by atoms with van der Waals surface area (Å²) in [7, 11) is -3.45. The molecule has 1 aromatic heterocycles. The summed E-state index contributed by atoms with van der Waals surface area (Å²) in [5, 5.41) is 3.28. The van der Waals surface area contributed by atoms with Crippen molar-refractivity contribution >= 4 is 15.8 Å². The minimum Gasteiger partial charge on any atom is -0.379 e. The molecule has 0 unspecified atom stereocenters. The molecular formula is C15H26N4O3S. The van der Waals surface area contributed by atoms with Crippen LogP contribution in [-0.2, 0) is 14.8 Å². The first-order chi connectivity index (χ1) is 10.8. The maximum absolute atomic E-state index is 11.9. The van der Waals surface area contributed by atoms with E-state index in [1.807, 2.05) is 0 Å². The average molecular weight is 342 g/mol. The number of aromatic nitrogens is 1. The fraction of sp³-hybridized carbons (Fsp3) is 0.667. The lowest BCUT2D eigenvalue weighted by Crippen LogP contribution is -2.53. The first-order valence-electron chi connectivity index (χ1n) is 7.87. The molecule has 1 saturated heterocycles. The van der Waals surface area contributed by atoms with E-state index in [-0.39, 0.29) is 10.4 Å². The van der Waals surface area contributed by atoms with Gasteiger partial charge in [-0.3, -0.25) is 4.90 Å². The molecule has 0 saturated carbocycles. The molecule has 0 amide bonds. The number of anilines is 1. The predicted octanol–water partition coefficient (Wildman–Crippen LogP) is 0.903. The van der Waals surface area contributed by atoms with Gasteiger partial charge in [0.05, 0.1) is 13.2 Å². The van der Waals surface area contributed by atoms with Crippen molar-refractivity contribution < 1.29 is 13.2 Å². The van der Waals surface area contributed by atoms with Crippen LogP contribution in [0.15, 0.2) is 23.2 Å². The summed E-state index contributed by atoms with van der Waals surface area (Å²) >= 11 is 0. The molecule has 1 aliphatic heterocycles. The minimum absolute atomic E-state index is 0.0278. The van der Waals surface area contributed by atoms with E-state index in [0.29, 0.717) is 12.4 Å². The molecular weight excluding hydrogens is 316 g/mol. The molecule has 0 spiro atoms. The summed E-state index contributed by atoms with van der Waals surface area (Å²) < 4.78 is 31.6. The fourth-order valence-corrected chi connectivity index (χ4v) is 3.49. The van der Waals surface area contributed by atoms with Crippen molar-refractivity contribution in [3.8, 4) is 0 Å². The smallest absolute Gasteiger partial charge is 0.242 e. The molecule has 0 aliphatic carbocycles. The van der Waals surface area contributed by atoms with Gasteiger partial charge in [0.2, 0.25) is 10.0 Å². The Morgan fingerprint density at radius 3 is 2.57 bits per heavy atom. The number of nitrogens with zero attached hydrogens (tertiary/aromatic N) is 2. The normalized spacial score (nSPS) is 17.2. The van der Waals surface area contributed by atoms with Crippen molar-refractivity contribution in [2.45, 2.75) is 31.2 Å². The Bertz CT molecular complexity index is 596. The van der Waals surface area contributed by atoms with Crippen molar-refractivity contribution in [2.24, 2.45) is 0 Å². The second kappa shape index (κ2) is 7.57. The van der Waals surface area contributed by atoms with Crippen LogP contribution in [0.2, 0.25) is 0 Å². The number of hydrogen-bond acceptors (Lipinski definition) is 6. The highest BCUT2D eigenvalue weighted by Crippen LogP contribution is 2.17. The monoisotopic (exact) mass is 342 g/mol. The van der Waals surface area contributed by atoms with Gasteiger partial charge in [0.1, 0.15) is 10.7 Å². The standard InChI is InChI=1S/C15H26N4O3S/c1-4-18-23(20,21)13-5-6-14(16-11-13)17-12-15(2,3)19-7-9-22-10-8-19/h5-6,11,18H,4,7-10,12H2,1-3H3,(H,16,17). The molecule has 0 bridgehead atoms. The zero-order chi connectivity index (χ0) is 16.9. The van der Waals surface area contributed by atoms with Crippen LogP contribution in [0, 0.1) is 0 Å². The zero-order valence-corrected chi connectivity index (χ0v) is 14.8. The van der Waals surface area contributed by atoms with Gasteiger partial charge in [-0.15, -0.1) is 0 Å². The minimum atomic E-state index is -3.45. The number of morpholine rings is 1. The van der Waals surface area contributed by atoms with Crippen LogP contribution >= 0.6 is 0 Å². The summed E-state index contributed by atoms with van der Waals surface area (Å²) in [5.74, 6) is 0.668. The quantitative estimate of drug-likeness (QED) is 0.766. The molecule has 2 N–H and O–H groups in total. The van der Waals surface area contributed by atoms with Crippen LogP contribution in [0.5, 0.6) is 0 Å². The van der Waals surface area contributed by atoms with Crippen LogP contribution in [-0.4, -0.2) is 63.2 Å². The van der Waals surface area contributed by atoms with E-state index < -0.39 is 10.0 Å². The Labute approximate surface area is 138 Å². The number of nitrogens with one attached hydrogen (secondary N) is 2. The Kier molecular flexibility index (Phi) is 5.96. The number of pyridine rings is 1. The second-order valence-corrected chi connectivity index (χ2v) is 7.91. The van der Waals surface area contributed by atoms with Crippen LogP contribution in [0.3, 0.4) is 0 Å². The third kappa shape index (κ3) is 4.87. The number of ether oxygens (including phenoxy) is 1. The summed E-state index contributed by atoms with van der Waals surface area (Å²) in [4.78, 5) is 6.76. The molecule has 2 rings (SSSR count). The third-order valence-corrected chi connectivity index (χ3v) is 5.48. The molecule has 7 nitrogen and oxygen atoms in total. The molecule has 1 aromatic rings. The average Bonchev–Trinajstić information content (AvgIpc) is 2.54. The molecule has 23 heavy (non-hydrogen) atoms. The lowest BCUT2D eigenvalue weighted by Gasteiger charge is -2.41. The van der Waals surface area contributed by atoms with Gasteiger partial charge in [-0.05, 0) is 26.0 Å². The number of hydrogen-bond donors (Lipinski definition) is 2. The number of rotatable bonds is 7. The van der Waals surface area contributed by atoms with E-state index in [4.69, 9.17) is 4.74 Å². The predicted molar refractivity (Wildman–Crippen MR) is 90.1 cm³/mol. The highest BCUT2D eigenvalue weighted by molar-refractivity contribution is 7.89. The van der Waals surface area contributed by atoms with E-state index in [1.54, 1.807) is 19.1 Å². The molecule has 0 aromatic carbocycles. The molecule has 0 radical (unpaired) electrons. The van der Waals surface area contributed by atoms with Gasteiger partial charge < -0.3 is 10.1 Å². The Balaban J connectivity index is 1.95. The Hall–Kier alpha value is -1.22. The van der Waals surface area contributed by atoms with E-state index in [1.165, 1.54) is 6.20 Å². The lowest BCUT2D eigenvalue weighted by molar-refractivity contribution is -0.00570. The second-order valence-electron chi connectivity index (χ2n) is 6.15. The lowest BCUT2D eigenvalue weighted by atomic mass is 10.0. The third-order valence-electron chi connectivity index (χ3n) is 3.95. The Morgan fingerprint density at radius 1 is 1.30 bits per heavy atom. The van der Waals surface area contributed by atoms with Crippen LogP contribution < -0.4 is 10.0 Å². The first-order valence-corrected chi connectivity index (χ1v) is 9.36. The molecule has 1 aliphatic rings. The van der Waals surface area contributed by atoms with Crippen molar-refractivity contribution in [1.82, 2.24) is 14.6 Å². The van der Waals surface area contributed by atoms with Crippen LogP contribution in [0.1, 0.15) is 20.8 Å². The van der Waals surface area contributed by atoms with Gasteiger partial charge in [0, 0.05) is 37.9 Å². The molecule has 0 atom stereocenters. The maximum Gasteiger partial charge on any atom is 0.242 e. The van der Waals surface area contributed by atoms with Crippen molar-refractivity contribution in [1.29, 1.82) is 0 Å². The molecule has 8 heteroatoms. The van der Waals surface area contributed by atoms with Gasteiger partial charge in [-0.1, -0.05) is 6.92 Å². The summed E-state index contributed by atoms with van der Waals surface area (Å²) in [6, 6.07) is 3.26. The van der Waals surface area contributed by atoms with E-state index >= 15 is 0 Å². The molecule has 1 fully saturated rings. The Morgan fingerprint density at radius 2 is 2.00 bits per heavy atom. The van der Waals surface area contributed by atoms with E-state index in [2.05, 4.69) is 33.8 Å². The van der Waals surface area contributed by atoms with Gasteiger partial charge >= 0.3 is 0 Å². The van der Waals surface area contributed by atoms with Gasteiger partial charge in [-0.25, -0.2) is 18.1 Å². The van der Waals surface area contributed by atoms with Gasteiger partial charge in [-0.2, -0.15) is 0 Å². The SMILES string of the molecule is CCNS(=O)(=O)c1ccc(NCC(C)(C)N2CCOCC2)nc1. The van der Waals surface area contributed by atoms with Gasteiger partial charge in [0.25, 0.3) is 0 Å². The highest BCUT2D eigenvalue weighted by atomic mass is 32.2. The van der Waals surface area contributed by atoms with Crippen molar-refractivity contribution in [3.05, 3.63) is 18.3 Å². The molecule has 2 heterocycles. The van der Waals surface area contributed by atoms with Crippen molar-refractivity contribution in [3.63, 3.8) is 0 Å². The first kappa shape index (κ1) is 18.1. The largest absolute Gasteiger partial charge is 0.379 e. The highest BCUT2D eigenvalue weighted by Gasteiger charge is 2.28. The van der Waals surface area contributed by atoms with Gasteiger partial charge in [0.15, 0.2) is 0 Å². The van der Waals surface area contributed by atoms with Crippen molar-refractivity contribution in [2.75, 3.05) is 44.7 Å². The van der Waals surface area contributed by atoms with E-state index in [9.17, 15) is 8.42 Å². The van der Waals surface area contributed by atoms with Crippen LogP contribution in [0.4, 0.5) is 5.82 Å². The van der Waals surface area contributed by atoms with Crippen LogP contribution in [0.25, 0.3) is 0 Å². The topological polar surface area (TPSA) is 83.6 Å². The summed E-state index contributed by atoms with van der Waals surface area (Å²) in [6.07, 6.45) is 1.38. The van der Waals surface area contributed by atoms with E-state index in [0.717, 1.165) is 32.8 Å². The summed E-state index contributed by atoms with van der Waals surface area (Å²) in [5.41, 5.74) is -0.0278. The summed E-state index contributed by atoms with van der Waals surface area (Å²) in [6.45, 7) is 10.5. The zero-order valence-electron chi connectivity index (χ0n) is 14.0. The molecule has 130 valence electrons.